The number of hydrogen-bond acceptors (Lipinski definition) is 6. The van der Waals surface area contributed by atoms with Crippen molar-refractivity contribution in [3.63, 3.8) is 0 Å². The average molecular weight is 551 g/mol. The number of ketones is 1. The highest BCUT2D eigenvalue weighted by atomic mass is 28.4. The maximum absolute atomic E-state index is 13.2. The van der Waals surface area contributed by atoms with E-state index in [1.807, 2.05) is 19.9 Å². The molecule has 0 N–H and O–H groups in total. The Balaban J connectivity index is 3.00. The minimum absolute atomic E-state index is 0.0411. The molecule has 38 heavy (non-hydrogen) atoms. The third-order valence-electron chi connectivity index (χ3n) is 7.60. The lowest BCUT2D eigenvalue weighted by Crippen LogP contribution is -2.45. The summed E-state index contributed by atoms with van der Waals surface area (Å²) in [5.41, 5.74) is 0. The van der Waals surface area contributed by atoms with Gasteiger partial charge in [0.15, 0.2) is 8.32 Å². The summed E-state index contributed by atoms with van der Waals surface area (Å²) in [5.74, 6) is -0.465. The third kappa shape index (κ3) is 12.4. The molecule has 7 heteroatoms. The van der Waals surface area contributed by atoms with Gasteiger partial charge in [0.25, 0.3) is 0 Å². The number of esters is 2. The molecule has 1 unspecified atom stereocenters. The van der Waals surface area contributed by atoms with Crippen LogP contribution in [0.15, 0.2) is 24.3 Å². The SMILES string of the molecule is CCCCCC(/C=C/[C@H]1[C@H](O[Si](C)(C)C(C)(C)C)CC(=O)[C@@H]1C/C=C\CCCC(=O)OC(C)C)OC(C)=O. The Kier molecular flexibility index (Phi) is 14.8. The van der Waals surface area contributed by atoms with Crippen LogP contribution in [0.2, 0.25) is 18.1 Å². The summed E-state index contributed by atoms with van der Waals surface area (Å²) in [6.45, 7) is 18.4. The normalized spacial score (nSPS) is 21.5. The highest BCUT2D eigenvalue weighted by Gasteiger charge is 2.46. The van der Waals surface area contributed by atoms with Gasteiger partial charge in [-0.15, -0.1) is 0 Å². The molecule has 0 radical (unpaired) electrons. The predicted molar refractivity (Wildman–Crippen MR) is 156 cm³/mol. The van der Waals surface area contributed by atoms with Crippen LogP contribution in [0.1, 0.15) is 106 Å². The summed E-state index contributed by atoms with van der Waals surface area (Å²) in [7, 11) is -2.08. The molecule has 1 aliphatic rings. The number of Topliss-reactive ketones (excluding diaryl/α,β-unsaturated/α-hetero) is 1. The van der Waals surface area contributed by atoms with E-state index < -0.39 is 8.32 Å². The molecule has 0 spiro atoms. The Bertz CT molecular complexity index is 808. The van der Waals surface area contributed by atoms with Gasteiger partial charge in [0, 0.05) is 31.6 Å². The second kappa shape index (κ2) is 16.4. The molecule has 0 aromatic carbocycles. The van der Waals surface area contributed by atoms with Crippen LogP contribution in [0, 0.1) is 11.8 Å². The molecular weight excluding hydrogens is 496 g/mol. The molecule has 0 heterocycles. The monoisotopic (exact) mass is 550 g/mol. The molecule has 0 aliphatic heterocycles. The second-order valence-electron chi connectivity index (χ2n) is 12.4. The van der Waals surface area contributed by atoms with Gasteiger partial charge in [0.05, 0.1) is 12.2 Å². The van der Waals surface area contributed by atoms with Gasteiger partial charge in [0.1, 0.15) is 11.9 Å². The number of hydrogen-bond donors (Lipinski definition) is 0. The standard InChI is InChI=1S/C31H54O6Si/c1-10-11-14-17-25(36-24(4)32)20-21-27-26(18-15-12-13-16-19-30(34)35-23(2)3)28(33)22-29(27)37-38(8,9)31(5,6)7/h12,15,20-21,23,25-27,29H,10-11,13-14,16-19,22H2,1-9H3/b15-12-,21-20+/t25?,26-,27-,29-/m1/s1. The zero-order chi connectivity index (χ0) is 28.9. The van der Waals surface area contributed by atoms with Crippen molar-refractivity contribution in [3.05, 3.63) is 24.3 Å². The molecule has 1 aliphatic carbocycles. The molecule has 1 fully saturated rings. The van der Waals surface area contributed by atoms with Crippen LogP contribution in [0.25, 0.3) is 0 Å². The van der Waals surface area contributed by atoms with Crippen LogP contribution >= 0.6 is 0 Å². The zero-order valence-corrected chi connectivity index (χ0v) is 26.5. The van der Waals surface area contributed by atoms with E-state index >= 15 is 0 Å². The number of allylic oxidation sites excluding steroid dienone is 2. The fourth-order valence-electron chi connectivity index (χ4n) is 4.48. The van der Waals surface area contributed by atoms with Crippen molar-refractivity contribution in [3.8, 4) is 0 Å². The topological polar surface area (TPSA) is 78.9 Å². The van der Waals surface area contributed by atoms with E-state index in [2.05, 4.69) is 59.0 Å². The minimum atomic E-state index is -2.08. The fraction of sp³-hybridized carbons (Fsp3) is 0.774. The smallest absolute Gasteiger partial charge is 0.306 e. The molecule has 0 bridgehead atoms. The third-order valence-corrected chi connectivity index (χ3v) is 12.1. The molecule has 1 rings (SSSR count). The summed E-state index contributed by atoms with van der Waals surface area (Å²) < 4.78 is 17.5. The molecule has 218 valence electrons. The van der Waals surface area contributed by atoms with Gasteiger partial charge >= 0.3 is 11.9 Å². The van der Waals surface area contributed by atoms with Crippen LogP contribution in [0.3, 0.4) is 0 Å². The summed E-state index contributed by atoms with van der Waals surface area (Å²) >= 11 is 0. The first-order valence-electron chi connectivity index (χ1n) is 14.6. The van der Waals surface area contributed by atoms with Crippen LogP contribution in [0.4, 0.5) is 0 Å². The van der Waals surface area contributed by atoms with Gasteiger partial charge in [-0.2, -0.15) is 0 Å². The summed E-state index contributed by atoms with van der Waals surface area (Å²) in [6.07, 6.45) is 14.5. The quantitative estimate of drug-likeness (QED) is 0.0847. The van der Waals surface area contributed by atoms with Crippen LogP contribution in [0.5, 0.6) is 0 Å². The lowest BCUT2D eigenvalue weighted by Gasteiger charge is -2.39. The Hall–Kier alpha value is -1.73. The van der Waals surface area contributed by atoms with Crippen molar-refractivity contribution in [2.45, 2.75) is 143 Å². The van der Waals surface area contributed by atoms with Gasteiger partial charge in [-0.3, -0.25) is 14.4 Å². The molecule has 6 nitrogen and oxygen atoms in total. The van der Waals surface area contributed by atoms with E-state index in [-0.39, 0.29) is 52.9 Å². The Morgan fingerprint density at radius 1 is 1.08 bits per heavy atom. The van der Waals surface area contributed by atoms with Crippen LogP contribution in [-0.4, -0.2) is 44.4 Å². The van der Waals surface area contributed by atoms with E-state index in [1.54, 1.807) is 0 Å². The van der Waals surface area contributed by atoms with Crippen molar-refractivity contribution in [1.82, 2.24) is 0 Å². The maximum Gasteiger partial charge on any atom is 0.306 e. The average Bonchev–Trinajstić information content (AvgIpc) is 3.06. The van der Waals surface area contributed by atoms with Crippen molar-refractivity contribution >= 4 is 26.0 Å². The summed E-state index contributed by atoms with van der Waals surface area (Å²) in [5, 5.41) is 0.0411. The molecule has 0 saturated heterocycles. The highest BCUT2D eigenvalue weighted by molar-refractivity contribution is 6.74. The number of rotatable bonds is 16. The van der Waals surface area contributed by atoms with Crippen LogP contribution < -0.4 is 0 Å². The number of ether oxygens (including phenoxy) is 2. The molecule has 0 amide bonds. The Morgan fingerprint density at radius 2 is 1.76 bits per heavy atom. The lowest BCUT2D eigenvalue weighted by atomic mass is 9.90. The first kappa shape index (κ1) is 34.3. The summed E-state index contributed by atoms with van der Waals surface area (Å²) in [6, 6.07) is 0. The maximum atomic E-state index is 13.2. The van der Waals surface area contributed by atoms with Gasteiger partial charge < -0.3 is 13.9 Å². The molecule has 1 saturated carbocycles. The van der Waals surface area contributed by atoms with Gasteiger partial charge in [-0.1, -0.05) is 58.8 Å². The molecular formula is C31H54O6Si. The second-order valence-corrected chi connectivity index (χ2v) is 17.2. The lowest BCUT2D eigenvalue weighted by molar-refractivity contribution is -0.147. The number of carbonyl (C=O) groups is 3. The van der Waals surface area contributed by atoms with E-state index in [1.165, 1.54) is 6.92 Å². The van der Waals surface area contributed by atoms with E-state index in [4.69, 9.17) is 13.9 Å². The van der Waals surface area contributed by atoms with Crippen molar-refractivity contribution < 1.29 is 28.3 Å². The Morgan fingerprint density at radius 3 is 2.34 bits per heavy atom. The first-order valence-corrected chi connectivity index (χ1v) is 17.5. The zero-order valence-electron chi connectivity index (χ0n) is 25.5. The van der Waals surface area contributed by atoms with E-state index in [9.17, 15) is 14.4 Å². The molecule has 0 aromatic rings. The fourth-order valence-corrected chi connectivity index (χ4v) is 5.83. The van der Waals surface area contributed by atoms with E-state index in [0.717, 1.165) is 38.5 Å². The first-order chi connectivity index (χ1) is 17.7. The molecule has 4 atom stereocenters. The van der Waals surface area contributed by atoms with Gasteiger partial charge in [-0.25, -0.2) is 0 Å². The van der Waals surface area contributed by atoms with E-state index in [0.29, 0.717) is 19.3 Å². The predicted octanol–water partition coefficient (Wildman–Crippen LogP) is 7.72. The number of unbranched alkanes of at least 4 members (excludes halogenated alkanes) is 3. The largest absolute Gasteiger partial charge is 0.463 e. The minimum Gasteiger partial charge on any atom is -0.463 e. The highest BCUT2D eigenvalue weighted by Crippen LogP contribution is 2.43. The van der Waals surface area contributed by atoms with Crippen molar-refractivity contribution in [2.75, 3.05) is 0 Å². The number of carbonyl (C=O) groups excluding carboxylic acids is 3. The summed E-state index contributed by atoms with van der Waals surface area (Å²) in [4.78, 5) is 36.7. The Labute approximate surface area is 233 Å². The van der Waals surface area contributed by atoms with Crippen molar-refractivity contribution in [2.24, 2.45) is 11.8 Å². The van der Waals surface area contributed by atoms with Crippen molar-refractivity contribution in [1.29, 1.82) is 0 Å². The van der Waals surface area contributed by atoms with Crippen LogP contribution in [-0.2, 0) is 28.3 Å². The molecule has 0 aromatic heterocycles. The van der Waals surface area contributed by atoms with Gasteiger partial charge in [0.2, 0.25) is 0 Å². The van der Waals surface area contributed by atoms with Gasteiger partial charge in [-0.05, 0) is 70.2 Å².